The van der Waals surface area contributed by atoms with Crippen LogP contribution >= 0.6 is 0 Å². The number of carbonyl (C=O) groups is 3. The molecule has 0 radical (unpaired) electrons. The Balaban J connectivity index is 1.59. The van der Waals surface area contributed by atoms with E-state index in [-0.39, 0.29) is 30.3 Å². The Morgan fingerprint density at radius 1 is 1.22 bits per heavy atom. The van der Waals surface area contributed by atoms with Gasteiger partial charge in [-0.3, -0.25) is 14.3 Å². The summed E-state index contributed by atoms with van der Waals surface area (Å²) in [7, 11) is 0. The van der Waals surface area contributed by atoms with E-state index in [1.807, 2.05) is 6.92 Å². The number of rotatable bonds is 5. The van der Waals surface area contributed by atoms with Crippen molar-refractivity contribution in [1.29, 1.82) is 0 Å². The van der Waals surface area contributed by atoms with Gasteiger partial charge < -0.3 is 15.3 Å². The van der Waals surface area contributed by atoms with E-state index in [0.29, 0.717) is 18.5 Å². The number of likely N-dealkylation sites (tertiary alicyclic amines) is 1. The summed E-state index contributed by atoms with van der Waals surface area (Å²) < 4.78 is 1.44. The van der Waals surface area contributed by atoms with Gasteiger partial charge in [-0.2, -0.15) is 5.10 Å². The molecule has 0 spiro atoms. The summed E-state index contributed by atoms with van der Waals surface area (Å²) in [5.74, 6) is -1.15. The molecule has 27 heavy (non-hydrogen) atoms. The van der Waals surface area contributed by atoms with Gasteiger partial charge in [-0.05, 0) is 31.6 Å². The predicted molar refractivity (Wildman–Crippen MR) is 98.1 cm³/mol. The van der Waals surface area contributed by atoms with Gasteiger partial charge in [-0.1, -0.05) is 26.2 Å². The number of nitrogens with zero attached hydrogens (tertiary/aromatic N) is 3. The summed E-state index contributed by atoms with van der Waals surface area (Å²) in [6.45, 7) is 2.48. The van der Waals surface area contributed by atoms with Crippen LogP contribution in [0.3, 0.4) is 0 Å². The quantitative estimate of drug-likeness (QED) is 0.813. The Morgan fingerprint density at radius 2 is 1.96 bits per heavy atom. The van der Waals surface area contributed by atoms with Gasteiger partial charge in [0.15, 0.2) is 0 Å². The minimum absolute atomic E-state index is 0.0587. The molecule has 1 saturated carbocycles. The third kappa shape index (κ3) is 4.87. The van der Waals surface area contributed by atoms with Gasteiger partial charge in [-0.25, -0.2) is 4.79 Å². The molecule has 148 valence electrons. The third-order valence-corrected chi connectivity index (χ3v) is 5.57. The van der Waals surface area contributed by atoms with Gasteiger partial charge in [0.2, 0.25) is 5.91 Å². The number of carbonyl (C=O) groups excluding carboxylic acids is 2. The van der Waals surface area contributed by atoms with Crippen LogP contribution in [0.25, 0.3) is 0 Å². The average molecular weight is 376 g/mol. The Hall–Kier alpha value is -2.38. The highest BCUT2D eigenvalue weighted by atomic mass is 16.4. The zero-order chi connectivity index (χ0) is 19.4. The second kappa shape index (κ2) is 8.54. The second-order valence-electron chi connectivity index (χ2n) is 7.81. The molecule has 3 rings (SSSR count). The lowest BCUT2D eigenvalue weighted by Crippen LogP contribution is -2.49. The zero-order valence-corrected chi connectivity index (χ0v) is 15.8. The van der Waals surface area contributed by atoms with Crippen LogP contribution in [0.15, 0.2) is 12.4 Å². The molecule has 2 atom stereocenters. The zero-order valence-electron chi connectivity index (χ0n) is 15.8. The number of nitrogens with one attached hydrogen (secondary N) is 1. The number of hydrogen-bond acceptors (Lipinski definition) is 4. The fourth-order valence-electron chi connectivity index (χ4n) is 4.01. The number of hydrogen-bond donors (Lipinski definition) is 2. The molecule has 2 fully saturated rings. The highest BCUT2D eigenvalue weighted by Crippen LogP contribution is 2.24. The minimum Gasteiger partial charge on any atom is -0.480 e. The number of carboxylic acid groups (broad SMARTS) is 1. The molecule has 1 aromatic heterocycles. The maximum Gasteiger partial charge on any atom is 0.326 e. The molecule has 2 N–H and O–H groups in total. The van der Waals surface area contributed by atoms with Crippen LogP contribution in [0.1, 0.15) is 62.2 Å². The van der Waals surface area contributed by atoms with E-state index in [0.717, 1.165) is 32.1 Å². The Labute approximate surface area is 158 Å². The molecule has 0 bridgehead atoms. The van der Waals surface area contributed by atoms with Crippen molar-refractivity contribution in [2.45, 2.75) is 70.5 Å². The van der Waals surface area contributed by atoms with E-state index in [1.165, 1.54) is 28.4 Å². The number of piperidine rings is 1. The van der Waals surface area contributed by atoms with Crippen LogP contribution in [0.5, 0.6) is 0 Å². The lowest BCUT2D eigenvalue weighted by Gasteiger charge is -2.35. The van der Waals surface area contributed by atoms with E-state index in [9.17, 15) is 19.5 Å². The first-order valence-corrected chi connectivity index (χ1v) is 9.79. The van der Waals surface area contributed by atoms with Gasteiger partial charge in [0.05, 0.1) is 11.8 Å². The molecule has 1 saturated heterocycles. The molecular formula is C19H28N4O4. The van der Waals surface area contributed by atoms with Gasteiger partial charge in [0.25, 0.3) is 5.91 Å². The van der Waals surface area contributed by atoms with Crippen LogP contribution in [-0.2, 0) is 16.1 Å². The molecule has 1 aliphatic carbocycles. The normalized spacial score (nSPS) is 23.8. The number of aromatic nitrogens is 2. The SMILES string of the molecule is CC1CCN(C(=O)c2cnn(CC(=O)NC3CCCCC3)c2)C(C(=O)O)C1. The molecule has 0 aromatic carbocycles. The molecule has 2 heterocycles. The molecule has 8 nitrogen and oxygen atoms in total. The van der Waals surface area contributed by atoms with E-state index >= 15 is 0 Å². The summed E-state index contributed by atoms with van der Waals surface area (Å²) in [5.41, 5.74) is 0.321. The van der Waals surface area contributed by atoms with Crippen molar-refractivity contribution in [2.24, 2.45) is 5.92 Å². The summed E-state index contributed by atoms with van der Waals surface area (Å²) in [6, 6.07) is -0.575. The second-order valence-corrected chi connectivity index (χ2v) is 7.81. The Morgan fingerprint density at radius 3 is 2.67 bits per heavy atom. The van der Waals surface area contributed by atoms with Crippen LogP contribution in [-0.4, -0.2) is 56.2 Å². The molecule has 2 unspecified atom stereocenters. The Bertz CT molecular complexity index is 696. The van der Waals surface area contributed by atoms with Crippen molar-refractivity contribution in [3.63, 3.8) is 0 Å². The monoisotopic (exact) mass is 376 g/mol. The number of carboxylic acids is 1. The smallest absolute Gasteiger partial charge is 0.326 e. The molecular weight excluding hydrogens is 348 g/mol. The van der Waals surface area contributed by atoms with Crippen molar-refractivity contribution < 1.29 is 19.5 Å². The maximum absolute atomic E-state index is 12.7. The highest BCUT2D eigenvalue weighted by Gasteiger charge is 2.35. The van der Waals surface area contributed by atoms with Gasteiger partial charge in [0.1, 0.15) is 12.6 Å². The van der Waals surface area contributed by atoms with Gasteiger partial charge in [-0.15, -0.1) is 0 Å². The fraction of sp³-hybridized carbons (Fsp3) is 0.684. The lowest BCUT2D eigenvalue weighted by atomic mass is 9.92. The van der Waals surface area contributed by atoms with Crippen molar-refractivity contribution in [2.75, 3.05) is 6.54 Å². The topological polar surface area (TPSA) is 105 Å². The maximum atomic E-state index is 12.7. The van der Waals surface area contributed by atoms with E-state index in [4.69, 9.17) is 0 Å². The summed E-state index contributed by atoms with van der Waals surface area (Å²) in [5, 5.41) is 16.6. The van der Waals surface area contributed by atoms with E-state index in [2.05, 4.69) is 10.4 Å². The van der Waals surface area contributed by atoms with Crippen molar-refractivity contribution in [1.82, 2.24) is 20.0 Å². The first-order chi connectivity index (χ1) is 12.9. The first-order valence-electron chi connectivity index (χ1n) is 9.79. The molecule has 1 aliphatic heterocycles. The first kappa shape index (κ1) is 19.4. The van der Waals surface area contributed by atoms with Crippen LogP contribution in [0, 0.1) is 5.92 Å². The van der Waals surface area contributed by atoms with Gasteiger partial charge >= 0.3 is 5.97 Å². The highest BCUT2D eigenvalue weighted by molar-refractivity contribution is 5.96. The minimum atomic E-state index is -0.978. The van der Waals surface area contributed by atoms with Crippen LogP contribution < -0.4 is 5.32 Å². The Kier molecular flexibility index (Phi) is 6.13. The molecule has 1 aromatic rings. The van der Waals surface area contributed by atoms with E-state index < -0.39 is 12.0 Å². The molecule has 2 amide bonds. The molecule has 2 aliphatic rings. The summed E-state index contributed by atoms with van der Waals surface area (Å²) >= 11 is 0. The van der Waals surface area contributed by atoms with Crippen molar-refractivity contribution in [3.8, 4) is 0 Å². The fourth-order valence-corrected chi connectivity index (χ4v) is 4.01. The predicted octanol–water partition coefficient (Wildman–Crippen LogP) is 1.66. The number of aliphatic carboxylic acids is 1. The van der Waals surface area contributed by atoms with Crippen molar-refractivity contribution >= 4 is 17.8 Å². The largest absolute Gasteiger partial charge is 0.480 e. The van der Waals surface area contributed by atoms with E-state index in [1.54, 1.807) is 0 Å². The molecule has 8 heteroatoms. The third-order valence-electron chi connectivity index (χ3n) is 5.57. The standard InChI is InChI=1S/C19H28N4O4/c1-13-7-8-23(16(9-13)19(26)27)18(25)14-10-20-22(11-14)12-17(24)21-15-5-3-2-4-6-15/h10-11,13,15-16H,2-9,12H2,1H3,(H,21,24)(H,26,27). The summed E-state index contributed by atoms with van der Waals surface area (Å²) in [6.07, 6.45) is 9.72. The van der Waals surface area contributed by atoms with Crippen molar-refractivity contribution in [3.05, 3.63) is 18.0 Å². The lowest BCUT2D eigenvalue weighted by molar-refractivity contribution is -0.144. The number of amides is 2. The van der Waals surface area contributed by atoms with Gasteiger partial charge in [0, 0.05) is 18.8 Å². The average Bonchev–Trinajstić information content (AvgIpc) is 3.10. The van der Waals surface area contributed by atoms with Crippen LogP contribution in [0.2, 0.25) is 0 Å². The van der Waals surface area contributed by atoms with Crippen LogP contribution in [0.4, 0.5) is 0 Å². The summed E-state index contributed by atoms with van der Waals surface area (Å²) in [4.78, 5) is 37.9.